The highest BCUT2D eigenvalue weighted by molar-refractivity contribution is 5.96. The van der Waals surface area contributed by atoms with Crippen molar-refractivity contribution in [3.05, 3.63) is 29.6 Å². The second kappa shape index (κ2) is 6.02. The molecule has 5 heteroatoms. The summed E-state index contributed by atoms with van der Waals surface area (Å²) in [7, 11) is 1.41. The van der Waals surface area contributed by atoms with Gasteiger partial charge in [-0.1, -0.05) is 20.8 Å². The number of aliphatic hydroxyl groups is 1. The van der Waals surface area contributed by atoms with Gasteiger partial charge in [0, 0.05) is 6.54 Å². The highest BCUT2D eigenvalue weighted by Gasteiger charge is 2.23. The van der Waals surface area contributed by atoms with E-state index in [-0.39, 0.29) is 17.5 Å². The Bertz CT molecular complexity index is 454. The van der Waals surface area contributed by atoms with Crippen LogP contribution in [-0.2, 0) is 0 Å². The summed E-state index contributed by atoms with van der Waals surface area (Å²) in [4.78, 5) is 11.9. The maximum Gasteiger partial charge on any atom is 0.255 e. The Morgan fingerprint density at radius 3 is 2.63 bits per heavy atom. The average Bonchev–Trinajstić information content (AvgIpc) is 2.34. The van der Waals surface area contributed by atoms with Crippen molar-refractivity contribution in [2.45, 2.75) is 26.9 Å². The van der Waals surface area contributed by atoms with Gasteiger partial charge in [0.2, 0.25) is 0 Å². The first kappa shape index (κ1) is 15.4. The molecule has 1 rings (SSSR count). The molecule has 2 N–H and O–H groups in total. The van der Waals surface area contributed by atoms with E-state index in [1.54, 1.807) is 0 Å². The number of ether oxygens (including phenoxy) is 1. The van der Waals surface area contributed by atoms with Crippen LogP contribution < -0.4 is 10.1 Å². The minimum Gasteiger partial charge on any atom is -0.496 e. The minimum atomic E-state index is -0.684. The number of hydrogen-bond donors (Lipinski definition) is 2. The lowest BCUT2D eigenvalue weighted by atomic mass is 9.89. The van der Waals surface area contributed by atoms with Gasteiger partial charge in [-0.05, 0) is 23.6 Å². The Hall–Kier alpha value is -1.62. The Kier molecular flexibility index (Phi) is 4.89. The molecule has 4 nitrogen and oxygen atoms in total. The molecule has 19 heavy (non-hydrogen) atoms. The van der Waals surface area contributed by atoms with Gasteiger partial charge >= 0.3 is 0 Å². The topological polar surface area (TPSA) is 58.6 Å². The SMILES string of the molecule is COc1ccc(F)cc1C(=O)NCC(O)C(C)(C)C. The van der Waals surface area contributed by atoms with E-state index in [0.29, 0.717) is 5.75 Å². The van der Waals surface area contributed by atoms with Gasteiger partial charge in [0.15, 0.2) is 0 Å². The molecule has 0 aliphatic rings. The van der Waals surface area contributed by atoms with Crippen LogP contribution in [0.15, 0.2) is 18.2 Å². The number of nitrogens with one attached hydrogen (secondary N) is 1. The van der Waals surface area contributed by atoms with Gasteiger partial charge in [-0.2, -0.15) is 0 Å². The fourth-order valence-corrected chi connectivity index (χ4v) is 1.45. The number of benzene rings is 1. The molecule has 0 aliphatic carbocycles. The molecular formula is C14H20FNO3. The van der Waals surface area contributed by atoms with Crippen molar-refractivity contribution in [3.8, 4) is 5.75 Å². The van der Waals surface area contributed by atoms with E-state index in [2.05, 4.69) is 5.32 Å². The molecule has 1 amide bonds. The lowest BCUT2D eigenvalue weighted by Gasteiger charge is -2.26. The molecule has 0 spiro atoms. The number of carbonyl (C=O) groups is 1. The Balaban J connectivity index is 2.76. The monoisotopic (exact) mass is 269 g/mol. The Morgan fingerprint density at radius 1 is 1.47 bits per heavy atom. The highest BCUT2D eigenvalue weighted by Crippen LogP contribution is 2.20. The molecule has 1 unspecified atom stereocenters. The van der Waals surface area contributed by atoms with Crippen LogP contribution in [0.1, 0.15) is 31.1 Å². The molecule has 1 aromatic carbocycles. The van der Waals surface area contributed by atoms with Crippen LogP contribution in [0.5, 0.6) is 5.75 Å². The second-order valence-electron chi connectivity index (χ2n) is 5.44. The molecule has 0 saturated carbocycles. The van der Waals surface area contributed by atoms with Gasteiger partial charge in [-0.25, -0.2) is 4.39 Å². The van der Waals surface area contributed by atoms with Crippen molar-refractivity contribution >= 4 is 5.91 Å². The van der Waals surface area contributed by atoms with Crippen molar-refractivity contribution in [1.82, 2.24) is 5.32 Å². The van der Waals surface area contributed by atoms with E-state index in [1.165, 1.54) is 19.2 Å². The lowest BCUT2D eigenvalue weighted by Crippen LogP contribution is -2.39. The Morgan fingerprint density at radius 2 is 2.11 bits per heavy atom. The third kappa shape index (κ3) is 4.21. The highest BCUT2D eigenvalue weighted by atomic mass is 19.1. The Labute approximate surface area is 112 Å². The van der Waals surface area contributed by atoms with Crippen LogP contribution >= 0.6 is 0 Å². The zero-order chi connectivity index (χ0) is 14.6. The third-order valence-electron chi connectivity index (χ3n) is 2.86. The number of carbonyl (C=O) groups excluding carboxylic acids is 1. The van der Waals surface area contributed by atoms with Crippen molar-refractivity contribution in [2.75, 3.05) is 13.7 Å². The van der Waals surface area contributed by atoms with Crippen LogP contribution in [-0.4, -0.2) is 30.8 Å². The van der Waals surface area contributed by atoms with E-state index >= 15 is 0 Å². The molecule has 1 aromatic rings. The first-order valence-corrected chi connectivity index (χ1v) is 6.05. The van der Waals surface area contributed by atoms with E-state index in [9.17, 15) is 14.3 Å². The van der Waals surface area contributed by atoms with Crippen molar-refractivity contribution < 1.29 is 19.0 Å². The summed E-state index contributed by atoms with van der Waals surface area (Å²) < 4.78 is 18.2. The lowest BCUT2D eigenvalue weighted by molar-refractivity contribution is 0.0586. The van der Waals surface area contributed by atoms with Crippen LogP contribution in [0.25, 0.3) is 0 Å². The number of rotatable bonds is 4. The predicted molar refractivity (Wildman–Crippen MR) is 70.7 cm³/mol. The summed E-state index contributed by atoms with van der Waals surface area (Å²) in [6.45, 7) is 5.70. The summed E-state index contributed by atoms with van der Waals surface area (Å²) in [6, 6.07) is 3.72. The van der Waals surface area contributed by atoms with Gasteiger partial charge in [0.25, 0.3) is 5.91 Å². The molecule has 0 saturated heterocycles. The quantitative estimate of drug-likeness (QED) is 0.878. The number of halogens is 1. The molecule has 0 radical (unpaired) electrons. The van der Waals surface area contributed by atoms with Gasteiger partial charge in [-0.3, -0.25) is 4.79 Å². The number of hydrogen-bond acceptors (Lipinski definition) is 3. The minimum absolute atomic E-state index is 0.0992. The van der Waals surface area contributed by atoms with Crippen molar-refractivity contribution in [3.63, 3.8) is 0 Å². The normalized spacial score (nSPS) is 12.9. The predicted octanol–water partition coefficient (Wildman–Crippen LogP) is 1.97. The largest absolute Gasteiger partial charge is 0.496 e. The van der Waals surface area contributed by atoms with Crippen LogP contribution in [0, 0.1) is 11.2 Å². The molecule has 0 aromatic heterocycles. The smallest absolute Gasteiger partial charge is 0.255 e. The standard InChI is InChI=1S/C14H20FNO3/c1-14(2,3)12(17)8-16-13(18)10-7-9(15)5-6-11(10)19-4/h5-7,12,17H,8H2,1-4H3,(H,16,18). The summed E-state index contributed by atoms with van der Waals surface area (Å²) >= 11 is 0. The average molecular weight is 269 g/mol. The third-order valence-corrected chi connectivity index (χ3v) is 2.86. The number of methoxy groups -OCH3 is 1. The van der Waals surface area contributed by atoms with Gasteiger partial charge in [0.05, 0.1) is 18.8 Å². The van der Waals surface area contributed by atoms with Crippen LogP contribution in [0.2, 0.25) is 0 Å². The summed E-state index contributed by atoms with van der Waals surface area (Å²) in [6.07, 6.45) is -0.684. The number of amides is 1. The zero-order valence-corrected chi connectivity index (χ0v) is 11.7. The maximum absolute atomic E-state index is 13.1. The molecular weight excluding hydrogens is 249 g/mol. The maximum atomic E-state index is 13.1. The second-order valence-corrected chi connectivity index (χ2v) is 5.44. The van der Waals surface area contributed by atoms with Gasteiger partial charge in [0.1, 0.15) is 11.6 Å². The van der Waals surface area contributed by atoms with Crippen molar-refractivity contribution in [1.29, 1.82) is 0 Å². The fraction of sp³-hybridized carbons (Fsp3) is 0.500. The summed E-state index contributed by atoms with van der Waals surface area (Å²) in [5, 5.41) is 12.4. The van der Waals surface area contributed by atoms with Crippen molar-refractivity contribution in [2.24, 2.45) is 5.41 Å². The van der Waals surface area contributed by atoms with E-state index < -0.39 is 17.8 Å². The fourth-order valence-electron chi connectivity index (χ4n) is 1.45. The first-order chi connectivity index (χ1) is 8.75. The molecule has 0 aliphatic heterocycles. The zero-order valence-electron chi connectivity index (χ0n) is 11.7. The van der Waals surface area contributed by atoms with Crippen LogP contribution in [0.3, 0.4) is 0 Å². The summed E-state index contributed by atoms with van der Waals surface area (Å²) in [5.41, 5.74) is -0.220. The first-order valence-electron chi connectivity index (χ1n) is 6.05. The van der Waals surface area contributed by atoms with Gasteiger partial charge < -0.3 is 15.2 Å². The van der Waals surface area contributed by atoms with E-state index in [0.717, 1.165) is 6.07 Å². The van der Waals surface area contributed by atoms with E-state index in [4.69, 9.17) is 4.74 Å². The summed E-state index contributed by atoms with van der Waals surface area (Å²) in [5.74, 6) is -0.689. The van der Waals surface area contributed by atoms with Gasteiger partial charge in [-0.15, -0.1) is 0 Å². The molecule has 0 bridgehead atoms. The molecule has 0 heterocycles. The number of aliphatic hydroxyl groups excluding tert-OH is 1. The van der Waals surface area contributed by atoms with Crippen LogP contribution in [0.4, 0.5) is 4.39 Å². The molecule has 106 valence electrons. The molecule has 1 atom stereocenters. The van der Waals surface area contributed by atoms with E-state index in [1.807, 2.05) is 20.8 Å². The molecule has 0 fully saturated rings.